The summed E-state index contributed by atoms with van der Waals surface area (Å²) in [6.45, 7) is 4.31. The summed E-state index contributed by atoms with van der Waals surface area (Å²) >= 11 is 1.39. The summed E-state index contributed by atoms with van der Waals surface area (Å²) in [7, 11) is 6.22. The average molecular weight is 356 g/mol. The molecule has 6 nitrogen and oxygen atoms in total. The lowest BCUT2D eigenvalue weighted by Crippen LogP contribution is -2.47. The molecule has 1 rings (SSSR count). The van der Waals surface area contributed by atoms with E-state index in [1.165, 1.54) is 11.8 Å². The van der Waals surface area contributed by atoms with Crippen LogP contribution in [-0.2, 0) is 4.79 Å². The summed E-state index contributed by atoms with van der Waals surface area (Å²) in [5, 5.41) is 16.3. The number of rotatable bonds is 10. The molecule has 1 aromatic carbocycles. The van der Waals surface area contributed by atoms with E-state index in [4.69, 9.17) is 5.73 Å². The summed E-state index contributed by atoms with van der Waals surface area (Å²) in [5.74, 6) is 0.477. The van der Waals surface area contributed by atoms with Gasteiger partial charge in [0.15, 0.2) is 5.75 Å². The fourth-order valence-corrected chi connectivity index (χ4v) is 2.87. The van der Waals surface area contributed by atoms with Gasteiger partial charge in [0.25, 0.3) is 0 Å². The maximum atomic E-state index is 12.0. The van der Waals surface area contributed by atoms with Crippen LogP contribution in [0.2, 0.25) is 0 Å². The standard InChI is InChI=1S/C17H30N4O2S/c1-5-9-19-14-7-6-8-15(16(14)22)24-12-13(18)17(23)20-10-11-21(2,3)4/h6-8,13,19H,5,9-12,18H2,1-4H3,(H-,20,22,23)/p+1/t13-/m0/s1. The van der Waals surface area contributed by atoms with E-state index in [0.717, 1.165) is 28.9 Å². The van der Waals surface area contributed by atoms with Gasteiger partial charge in [0.05, 0.1) is 50.9 Å². The minimum atomic E-state index is -0.603. The van der Waals surface area contributed by atoms with Gasteiger partial charge in [-0.25, -0.2) is 0 Å². The molecule has 0 aliphatic carbocycles. The quantitative estimate of drug-likeness (QED) is 0.290. The topological polar surface area (TPSA) is 87.4 Å². The number of anilines is 1. The van der Waals surface area contributed by atoms with Crippen LogP contribution in [0, 0.1) is 0 Å². The molecule has 136 valence electrons. The molecule has 24 heavy (non-hydrogen) atoms. The Balaban J connectivity index is 2.49. The number of aromatic hydroxyl groups is 1. The molecule has 0 bridgehead atoms. The predicted octanol–water partition coefficient (Wildman–Crippen LogP) is 1.46. The van der Waals surface area contributed by atoms with Crippen molar-refractivity contribution in [3.63, 3.8) is 0 Å². The van der Waals surface area contributed by atoms with Crippen molar-refractivity contribution in [1.82, 2.24) is 5.32 Å². The Bertz CT molecular complexity index is 532. The molecular formula is C17H31N4O2S+. The molecule has 0 saturated carbocycles. The number of para-hydroxylation sites is 1. The van der Waals surface area contributed by atoms with E-state index < -0.39 is 6.04 Å². The Morgan fingerprint density at radius 3 is 2.67 bits per heavy atom. The first-order chi connectivity index (χ1) is 11.2. The Hall–Kier alpha value is -1.44. The van der Waals surface area contributed by atoms with E-state index in [1.54, 1.807) is 0 Å². The van der Waals surface area contributed by atoms with Crippen LogP contribution in [0.3, 0.4) is 0 Å². The van der Waals surface area contributed by atoms with Gasteiger partial charge < -0.3 is 26.0 Å². The number of hydrogen-bond acceptors (Lipinski definition) is 5. The molecule has 0 saturated heterocycles. The Kier molecular flexibility index (Phi) is 8.38. The third-order valence-corrected chi connectivity index (χ3v) is 4.57. The van der Waals surface area contributed by atoms with E-state index >= 15 is 0 Å². The number of benzene rings is 1. The highest BCUT2D eigenvalue weighted by molar-refractivity contribution is 7.99. The second-order valence-electron chi connectivity index (χ2n) is 6.80. The molecule has 0 aliphatic heterocycles. The minimum Gasteiger partial charge on any atom is -0.505 e. The predicted molar refractivity (Wildman–Crippen MR) is 101 cm³/mol. The zero-order chi connectivity index (χ0) is 18.2. The number of phenols is 1. The van der Waals surface area contributed by atoms with Gasteiger partial charge in [-0.1, -0.05) is 13.0 Å². The summed E-state index contributed by atoms with van der Waals surface area (Å²) in [6.07, 6.45) is 0.981. The average Bonchev–Trinajstić information content (AvgIpc) is 2.51. The number of likely N-dealkylation sites (N-methyl/N-ethyl adjacent to an activating group) is 1. The second kappa shape index (κ2) is 9.76. The number of amides is 1. The van der Waals surface area contributed by atoms with Crippen LogP contribution in [-0.4, -0.2) is 68.1 Å². The summed E-state index contributed by atoms with van der Waals surface area (Å²) in [6, 6.07) is 4.95. The van der Waals surface area contributed by atoms with Crippen LogP contribution in [0.25, 0.3) is 0 Å². The van der Waals surface area contributed by atoms with Crippen molar-refractivity contribution in [3.05, 3.63) is 18.2 Å². The summed E-state index contributed by atoms with van der Waals surface area (Å²) < 4.78 is 0.787. The smallest absolute Gasteiger partial charge is 0.237 e. The van der Waals surface area contributed by atoms with Crippen LogP contribution in [0.1, 0.15) is 13.3 Å². The Morgan fingerprint density at radius 1 is 1.33 bits per heavy atom. The lowest BCUT2D eigenvalue weighted by atomic mass is 10.3. The monoisotopic (exact) mass is 355 g/mol. The van der Waals surface area contributed by atoms with Crippen molar-refractivity contribution in [1.29, 1.82) is 0 Å². The summed E-state index contributed by atoms with van der Waals surface area (Å²) in [4.78, 5) is 12.7. The SMILES string of the molecule is CCCNc1cccc(SC[C@H](N)C(=O)NCC[N+](C)(C)C)c1O. The van der Waals surface area contributed by atoms with Crippen LogP contribution < -0.4 is 16.4 Å². The third kappa shape index (κ3) is 7.42. The molecule has 0 aliphatic rings. The van der Waals surface area contributed by atoms with Crippen molar-refractivity contribution < 1.29 is 14.4 Å². The number of nitrogens with one attached hydrogen (secondary N) is 2. The second-order valence-corrected chi connectivity index (χ2v) is 7.86. The first-order valence-corrected chi connectivity index (χ1v) is 9.25. The van der Waals surface area contributed by atoms with E-state index in [9.17, 15) is 9.90 Å². The van der Waals surface area contributed by atoms with Crippen molar-refractivity contribution >= 4 is 23.4 Å². The van der Waals surface area contributed by atoms with E-state index in [0.29, 0.717) is 18.0 Å². The van der Waals surface area contributed by atoms with E-state index in [2.05, 4.69) is 38.7 Å². The largest absolute Gasteiger partial charge is 0.505 e. The number of carbonyl (C=O) groups excluding carboxylic acids is 1. The zero-order valence-electron chi connectivity index (χ0n) is 15.1. The van der Waals surface area contributed by atoms with Gasteiger partial charge in [-0.3, -0.25) is 4.79 Å². The highest BCUT2D eigenvalue weighted by Crippen LogP contribution is 2.34. The molecule has 7 heteroatoms. The first kappa shape index (κ1) is 20.6. The maximum Gasteiger partial charge on any atom is 0.237 e. The van der Waals surface area contributed by atoms with Crippen molar-refractivity contribution in [2.45, 2.75) is 24.3 Å². The van der Waals surface area contributed by atoms with Gasteiger partial charge in [-0.2, -0.15) is 0 Å². The molecule has 0 fully saturated rings. The highest BCUT2D eigenvalue weighted by atomic mass is 32.2. The van der Waals surface area contributed by atoms with Gasteiger partial charge in [-0.05, 0) is 18.6 Å². The molecule has 1 atom stereocenters. The molecule has 5 N–H and O–H groups in total. The molecule has 1 aromatic rings. The van der Waals surface area contributed by atoms with Crippen LogP contribution in [0.5, 0.6) is 5.75 Å². The van der Waals surface area contributed by atoms with Gasteiger partial charge >= 0.3 is 0 Å². The zero-order valence-corrected chi connectivity index (χ0v) is 15.9. The van der Waals surface area contributed by atoms with Gasteiger partial charge in [-0.15, -0.1) is 11.8 Å². The fourth-order valence-electron chi connectivity index (χ4n) is 1.94. The number of nitrogens with two attached hydrogens (primary N) is 1. The van der Waals surface area contributed by atoms with Crippen molar-refractivity contribution in [3.8, 4) is 5.75 Å². The Morgan fingerprint density at radius 2 is 2.04 bits per heavy atom. The maximum absolute atomic E-state index is 12.0. The highest BCUT2D eigenvalue weighted by Gasteiger charge is 2.16. The molecule has 0 aromatic heterocycles. The number of quaternary nitrogens is 1. The number of thioether (sulfide) groups is 1. The fraction of sp³-hybridized carbons (Fsp3) is 0.588. The van der Waals surface area contributed by atoms with Gasteiger partial charge in [0, 0.05) is 12.3 Å². The number of carbonyl (C=O) groups is 1. The number of nitrogens with zero attached hydrogens (tertiary/aromatic N) is 1. The first-order valence-electron chi connectivity index (χ1n) is 8.27. The minimum absolute atomic E-state index is 0.157. The van der Waals surface area contributed by atoms with Crippen LogP contribution in [0.4, 0.5) is 5.69 Å². The molecular weight excluding hydrogens is 324 g/mol. The normalized spacial score (nSPS) is 12.7. The third-order valence-electron chi connectivity index (χ3n) is 3.40. The lowest BCUT2D eigenvalue weighted by molar-refractivity contribution is -0.869. The lowest BCUT2D eigenvalue weighted by Gasteiger charge is -2.24. The van der Waals surface area contributed by atoms with Crippen LogP contribution in [0.15, 0.2) is 23.1 Å². The number of hydrogen-bond donors (Lipinski definition) is 4. The van der Waals surface area contributed by atoms with Crippen LogP contribution >= 0.6 is 11.8 Å². The van der Waals surface area contributed by atoms with E-state index in [1.807, 2.05) is 18.2 Å². The van der Waals surface area contributed by atoms with Gasteiger partial charge in [0.2, 0.25) is 5.91 Å². The summed E-state index contributed by atoms with van der Waals surface area (Å²) in [5.41, 5.74) is 6.66. The van der Waals surface area contributed by atoms with E-state index in [-0.39, 0.29) is 11.7 Å². The Labute approximate surface area is 149 Å². The molecule has 0 radical (unpaired) electrons. The molecule has 0 spiro atoms. The molecule has 0 heterocycles. The molecule has 0 unspecified atom stereocenters. The van der Waals surface area contributed by atoms with Crippen molar-refractivity contribution in [2.75, 3.05) is 51.8 Å². The molecule has 1 amide bonds. The van der Waals surface area contributed by atoms with Gasteiger partial charge in [0.1, 0.15) is 0 Å². The van der Waals surface area contributed by atoms with Crippen molar-refractivity contribution in [2.24, 2.45) is 5.73 Å². The number of phenolic OH excluding ortho intramolecular Hbond substituents is 1.